The number of hydrogen-bond acceptors (Lipinski definition) is 5. The van der Waals surface area contributed by atoms with Gasteiger partial charge in [0, 0.05) is 17.3 Å². The molecular weight excluding hydrogens is 259 g/mol. The van der Waals surface area contributed by atoms with Crippen molar-refractivity contribution < 1.29 is 9.13 Å². The van der Waals surface area contributed by atoms with E-state index in [1.807, 2.05) is 6.92 Å². The number of aromatic nitrogens is 2. The van der Waals surface area contributed by atoms with Crippen LogP contribution < -0.4 is 15.8 Å². The number of ether oxygens (including phenoxy) is 1. The van der Waals surface area contributed by atoms with Crippen molar-refractivity contribution in [3.8, 4) is 5.75 Å². The van der Waals surface area contributed by atoms with Crippen LogP contribution in [0.4, 0.5) is 21.7 Å². The van der Waals surface area contributed by atoms with E-state index in [0.717, 1.165) is 18.4 Å². The summed E-state index contributed by atoms with van der Waals surface area (Å²) in [6, 6.07) is 4.63. The van der Waals surface area contributed by atoms with E-state index < -0.39 is 5.82 Å². The van der Waals surface area contributed by atoms with Crippen LogP contribution in [0.3, 0.4) is 0 Å². The molecule has 2 aromatic rings. The van der Waals surface area contributed by atoms with Crippen molar-refractivity contribution in [3.63, 3.8) is 0 Å². The first kappa shape index (κ1) is 14.0. The highest BCUT2D eigenvalue weighted by molar-refractivity contribution is 5.64. The Morgan fingerprint density at radius 3 is 2.80 bits per heavy atom. The number of benzene rings is 1. The lowest BCUT2D eigenvalue weighted by atomic mass is 10.1. The average Bonchev–Trinajstić information content (AvgIpc) is 2.43. The molecule has 1 aromatic heterocycles. The first-order valence-electron chi connectivity index (χ1n) is 6.35. The van der Waals surface area contributed by atoms with Gasteiger partial charge in [-0.25, -0.2) is 14.4 Å². The summed E-state index contributed by atoms with van der Waals surface area (Å²) < 4.78 is 18.5. The van der Waals surface area contributed by atoms with Crippen LogP contribution in [0.2, 0.25) is 0 Å². The van der Waals surface area contributed by atoms with E-state index in [-0.39, 0.29) is 5.75 Å². The zero-order valence-electron chi connectivity index (χ0n) is 11.5. The summed E-state index contributed by atoms with van der Waals surface area (Å²) in [6.07, 6.45) is 3.06. The number of hydrogen-bond donors (Lipinski definition) is 2. The maximum absolute atomic E-state index is 13.7. The largest absolute Gasteiger partial charge is 0.494 e. The molecule has 6 heteroatoms. The SMILES string of the molecule is CCCc1c(N)ncnc1Nc1ccc(OC)c(F)c1. The first-order valence-corrected chi connectivity index (χ1v) is 6.35. The summed E-state index contributed by atoms with van der Waals surface area (Å²) in [5.41, 5.74) is 7.27. The molecular formula is C14H17FN4O. The average molecular weight is 276 g/mol. The number of nitrogens with two attached hydrogens (primary N) is 1. The van der Waals surface area contributed by atoms with Gasteiger partial charge in [-0.1, -0.05) is 13.3 Å². The molecule has 0 saturated heterocycles. The third kappa shape index (κ3) is 2.96. The number of halogens is 1. The molecule has 0 amide bonds. The molecule has 0 atom stereocenters. The molecule has 0 saturated carbocycles. The van der Waals surface area contributed by atoms with Crippen LogP contribution in [0, 0.1) is 5.82 Å². The Hall–Kier alpha value is -2.37. The van der Waals surface area contributed by atoms with Gasteiger partial charge >= 0.3 is 0 Å². The van der Waals surface area contributed by atoms with Crippen molar-refractivity contribution in [2.24, 2.45) is 0 Å². The first-order chi connectivity index (χ1) is 9.65. The molecule has 3 N–H and O–H groups in total. The maximum Gasteiger partial charge on any atom is 0.167 e. The Labute approximate surface area is 117 Å². The Balaban J connectivity index is 2.30. The van der Waals surface area contributed by atoms with E-state index in [2.05, 4.69) is 15.3 Å². The van der Waals surface area contributed by atoms with Gasteiger partial charge in [0.25, 0.3) is 0 Å². The molecule has 0 spiro atoms. The summed E-state index contributed by atoms with van der Waals surface area (Å²) in [7, 11) is 1.43. The summed E-state index contributed by atoms with van der Waals surface area (Å²) in [5.74, 6) is 0.811. The minimum Gasteiger partial charge on any atom is -0.494 e. The fraction of sp³-hybridized carbons (Fsp3) is 0.286. The van der Waals surface area contributed by atoms with E-state index in [4.69, 9.17) is 10.5 Å². The van der Waals surface area contributed by atoms with Crippen LogP contribution in [0.25, 0.3) is 0 Å². The maximum atomic E-state index is 13.7. The van der Waals surface area contributed by atoms with E-state index >= 15 is 0 Å². The second-order valence-corrected chi connectivity index (χ2v) is 4.31. The summed E-state index contributed by atoms with van der Waals surface area (Å²) in [4.78, 5) is 8.15. The third-order valence-corrected chi connectivity index (χ3v) is 2.89. The molecule has 0 bridgehead atoms. The predicted molar refractivity (Wildman–Crippen MR) is 76.7 cm³/mol. The number of nitrogens with zero attached hydrogens (tertiary/aromatic N) is 2. The van der Waals surface area contributed by atoms with E-state index in [0.29, 0.717) is 17.3 Å². The van der Waals surface area contributed by atoms with Crippen molar-refractivity contribution in [3.05, 3.63) is 35.9 Å². The topological polar surface area (TPSA) is 73.1 Å². The summed E-state index contributed by atoms with van der Waals surface area (Å²) in [5, 5.41) is 3.06. The highest BCUT2D eigenvalue weighted by Gasteiger charge is 2.10. The molecule has 0 aliphatic rings. The van der Waals surface area contributed by atoms with Gasteiger partial charge in [0.15, 0.2) is 11.6 Å². The molecule has 0 radical (unpaired) electrons. The Bertz CT molecular complexity index is 604. The van der Waals surface area contributed by atoms with Crippen molar-refractivity contribution in [1.29, 1.82) is 0 Å². The van der Waals surface area contributed by atoms with Crippen molar-refractivity contribution in [1.82, 2.24) is 9.97 Å². The van der Waals surface area contributed by atoms with Gasteiger partial charge in [0.05, 0.1) is 7.11 Å². The van der Waals surface area contributed by atoms with Crippen molar-refractivity contribution in [2.45, 2.75) is 19.8 Å². The molecule has 1 heterocycles. The summed E-state index contributed by atoms with van der Waals surface area (Å²) in [6.45, 7) is 2.04. The standard InChI is InChI=1S/C14H17FN4O/c1-3-4-10-13(16)17-8-18-14(10)19-9-5-6-12(20-2)11(15)7-9/h5-8H,3-4H2,1-2H3,(H3,16,17,18,19). The van der Waals surface area contributed by atoms with Gasteiger partial charge in [-0.2, -0.15) is 0 Å². The molecule has 0 aliphatic heterocycles. The van der Waals surface area contributed by atoms with Crippen LogP contribution in [0.1, 0.15) is 18.9 Å². The second-order valence-electron chi connectivity index (χ2n) is 4.31. The van der Waals surface area contributed by atoms with E-state index in [1.165, 1.54) is 19.5 Å². The van der Waals surface area contributed by atoms with Gasteiger partial charge in [-0.3, -0.25) is 0 Å². The van der Waals surface area contributed by atoms with Crippen LogP contribution in [0.5, 0.6) is 5.75 Å². The van der Waals surface area contributed by atoms with Gasteiger partial charge in [-0.15, -0.1) is 0 Å². The molecule has 0 fully saturated rings. The number of methoxy groups -OCH3 is 1. The quantitative estimate of drug-likeness (QED) is 0.878. The van der Waals surface area contributed by atoms with Crippen LogP contribution in [-0.4, -0.2) is 17.1 Å². The lowest BCUT2D eigenvalue weighted by Gasteiger charge is -2.12. The zero-order valence-corrected chi connectivity index (χ0v) is 11.5. The molecule has 20 heavy (non-hydrogen) atoms. The van der Waals surface area contributed by atoms with Crippen molar-refractivity contribution >= 4 is 17.3 Å². The van der Waals surface area contributed by atoms with Crippen LogP contribution in [0.15, 0.2) is 24.5 Å². The highest BCUT2D eigenvalue weighted by atomic mass is 19.1. The number of anilines is 3. The van der Waals surface area contributed by atoms with Crippen LogP contribution >= 0.6 is 0 Å². The number of rotatable bonds is 5. The van der Waals surface area contributed by atoms with E-state index in [1.54, 1.807) is 12.1 Å². The lowest BCUT2D eigenvalue weighted by Crippen LogP contribution is -2.05. The zero-order chi connectivity index (χ0) is 14.5. The Morgan fingerprint density at radius 1 is 1.35 bits per heavy atom. The third-order valence-electron chi connectivity index (χ3n) is 2.89. The number of nitrogens with one attached hydrogen (secondary N) is 1. The van der Waals surface area contributed by atoms with Gasteiger partial charge < -0.3 is 15.8 Å². The minimum atomic E-state index is -0.434. The Kier molecular flexibility index (Phi) is 4.34. The molecule has 2 rings (SSSR count). The molecule has 0 aliphatic carbocycles. The van der Waals surface area contributed by atoms with Crippen LogP contribution in [-0.2, 0) is 6.42 Å². The minimum absolute atomic E-state index is 0.200. The van der Waals surface area contributed by atoms with Gasteiger partial charge in [0.1, 0.15) is 18.0 Å². The van der Waals surface area contributed by atoms with Crippen molar-refractivity contribution in [2.75, 3.05) is 18.2 Å². The predicted octanol–water partition coefficient (Wildman–Crippen LogP) is 2.90. The normalized spacial score (nSPS) is 10.3. The fourth-order valence-electron chi connectivity index (χ4n) is 1.91. The highest BCUT2D eigenvalue weighted by Crippen LogP contribution is 2.26. The fourth-order valence-corrected chi connectivity index (χ4v) is 1.91. The molecule has 106 valence electrons. The smallest absolute Gasteiger partial charge is 0.167 e. The van der Waals surface area contributed by atoms with Gasteiger partial charge in [0.2, 0.25) is 0 Å². The van der Waals surface area contributed by atoms with E-state index in [9.17, 15) is 4.39 Å². The number of nitrogen functional groups attached to an aromatic ring is 1. The Morgan fingerprint density at radius 2 is 2.15 bits per heavy atom. The lowest BCUT2D eigenvalue weighted by molar-refractivity contribution is 0.386. The summed E-state index contributed by atoms with van der Waals surface area (Å²) >= 11 is 0. The van der Waals surface area contributed by atoms with Gasteiger partial charge in [-0.05, 0) is 18.6 Å². The second kappa shape index (κ2) is 6.18. The monoisotopic (exact) mass is 276 g/mol. The molecule has 0 unspecified atom stereocenters. The molecule has 5 nitrogen and oxygen atoms in total. The molecule has 1 aromatic carbocycles.